The highest BCUT2D eigenvalue weighted by atomic mass is 35.5. The molecule has 1 amide bonds. The predicted molar refractivity (Wildman–Crippen MR) is 129 cm³/mol. The van der Waals surface area contributed by atoms with Crippen LogP contribution >= 0.6 is 23.2 Å². The molecule has 0 aliphatic carbocycles. The SMILES string of the molecule is COc1cc(/C=C(/C#N)C(=O)Nc2cccc([N+](=O)[O-])c2)ccc1OCc1ccc(Cl)cc1Cl. The lowest BCUT2D eigenvalue weighted by Gasteiger charge is -2.12. The number of anilines is 1. The number of hydrogen-bond acceptors (Lipinski definition) is 6. The zero-order valence-electron chi connectivity index (χ0n) is 17.7. The number of hydrogen-bond donors (Lipinski definition) is 1. The smallest absolute Gasteiger partial charge is 0.271 e. The molecule has 0 spiro atoms. The van der Waals surface area contributed by atoms with Crippen LogP contribution in [0.4, 0.5) is 11.4 Å². The van der Waals surface area contributed by atoms with Crippen molar-refractivity contribution in [2.75, 3.05) is 12.4 Å². The fourth-order valence-corrected chi connectivity index (χ4v) is 3.36. The molecule has 0 saturated carbocycles. The molecule has 3 aromatic rings. The quantitative estimate of drug-likeness (QED) is 0.175. The van der Waals surface area contributed by atoms with E-state index in [1.54, 1.807) is 36.4 Å². The first-order chi connectivity index (χ1) is 16.3. The van der Waals surface area contributed by atoms with Gasteiger partial charge in [-0.1, -0.05) is 41.4 Å². The Morgan fingerprint density at radius 2 is 1.94 bits per heavy atom. The summed E-state index contributed by atoms with van der Waals surface area (Å²) in [7, 11) is 1.46. The molecule has 3 aromatic carbocycles. The number of nitriles is 1. The van der Waals surface area contributed by atoms with Gasteiger partial charge in [0.15, 0.2) is 11.5 Å². The highest BCUT2D eigenvalue weighted by Gasteiger charge is 2.13. The number of rotatable bonds is 8. The molecule has 0 aliphatic heterocycles. The summed E-state index contributed by atoms with van der Waals surface area (Å²) in [5.41, 5.74) is 1.07. The minimum Gasteiger partial charge on any atom is -0.493 e. The molecule has 0 aliphatic rings. The van der Waals surface area contributed by atoms with E-state index in [0.717, 1.165) is 5.56 Å². The molecule has 0 aromatic heterocycles. The molecule has 3 rings (SSSR count). The van der Waals surface area contributed by atoms with Crippen LogP contribution in [0.2, 0.25) is 10.0 Å². The molecule has 0 heterocycles. The van der Waals surface area contributed by atoms with Gasteiger partial charge in [0, 0.05) is 33.4 Å². The van der Waals surface area contributed by atoms with Crippen molar-refractivity contribution in [2.24, 2.45) is 0 Å². The monoisotopic (exact) mass is 497 g/mol. The maximum absolute atomic E-state index is 12.5. The molecule has 0 radical (unpaired) electrons. The van der Waals surface area contributed by atoms with Gasteiger partial charge in [0.05, 0.1) is 12.0 Å². The Hall–Kier alpha value is -4.06. The lowest BCUT2D eigenvalue weighted by Crippen LogP contribution is -2.13. The maximum atomic E-state index is 12.5. The van der Waals surface area contributed by atoms with Gasteiger partial charge in [-0.15, -0.1) is 0 Å². The summed E-state index contributed by atoms with van der Waals surface area (Å²) < 4.78 is 11.2. The Morgan fingerprint density at radius 3 is 2.62 bits per heavy atom. The van der Waals surface area contributed by atoms with Gasteiger partial charge in [-0.05, 0) is 42.0 Å². The Kier molecular flexibility index (Phi) is 8.09. The van der Waals surface area contributed by atoms with E-state index >= 15 is 0 Å². The summed E-state index contributed by atoms with van der Waals surface area (Å²) in [5, 5.41) is 23.8. The summed E-state index contributed by atoms with van der Waals surface area (Å²) in [6, 6.07) is 17.2. The number of nitrogens with zero attached hydrogens (tertiary/aromatic N) is 2. The second-order valence-electron chi connectivity index (χ2n) is 6.87. The molecule has 172 valence electrons. The number of ether oxygens (including phenoxy) is 2. The first-order valence-corrected chi connectivity index (χ1v) is 10.5. The van der Waals surface area contributed by atoms with E-state index in [4.69, 9.17) is 32.7 Å². The first kappa shape index (κ1) is 24.6. The molecule has 8 nitrogen and oxygen atoms in total. The number of carbonyl (C=O) groups is 1. The number of benzene rings is 3. The van der Waals surface area contributed by atoms with Crippen molar-refractivity contribution in [3.8, 4) is 17.6 Å². The van der Waals surface area contributed by atoms with Crippen LogP contribution in [0, 0.1) is 21.4 Å². The van der Waals surface area contributed by atoms with Crippen LogP contribution < -0.4 is 14.8 Å². The van der Waals surface area contributed by atoms with Crippen molar-refractivity contribution in [2.45, 2.75) is 6.61 Å². The number of halogens is 2. The van der Waals surface area contributed by atoms with Gasteiger partial charge in [0.2, 0.25) is 0 Å². The van der Waals surface area contributed by atoms with E-state index in [2.05, 4.69) is 5.32 Å². The van der Waals surface area contributed by atoms with Crippen LogP contribution in [0.1, 0.15) is 11.1 Å². The van der Waals surface area contributed by atoms with Gasteiger partial charge in [-0.3, -0.25) is 14.9 Å². The van der Waals surface area contributed by atoms with Crippen LogP contribution in [0.5, 0.6) is 11.5 Å². The maximum Gasteiger partial charge on any atom is 0.271 e. The van der Waals surface area contributed by atoms with Gasteiger partial charge in [0.1, 0.15) is 18.2 Å². The Labute approximate surface area is 205 Å². The molecule has 10 heteroatoms. The van der Waals surface area contributed by atoms with Gasteiger partial charge >= 0.3 is 0 Å². The fourth-order valence-electron chi connectivity index (χ4n) is 2.90. The lowest BCUT2D eigenvalue weighted by molar-refractivity contribution is -0.384. The average molecular weight is 498 g/mol. The Morgan fingerprint density at radius 1 is 1.15 bits per heavy atom. The summed E-state index contributed by atoms with van der Waals surface area (Å²) >= 11 is 12.1. The first-order valence-electron chi connectivity index (χ1n) is 9.73. The molecule has 0 unspecified atom stereocenters. The number of carbonyl (C=O) groups excluding carboxylic acids is 1. The molecular formula is C24H17Cl2N3O5. The minimum absolute atomic E-state index is 0.177. The van der Waals surface area contributed by atoms with Gasteiger partial charge in [-0.25, -0.2) is 0 Å². The number of methoxy groups -OCH3 is 1. The molecular weight excluding hydrogens is 481 g/mol. The Balaban J connectivity index is 1.76. The highest BCUT2D eigenvalue weighted by molar-refractivity contribution is 6.35. The van der Waals surface area contributed by atoms with Gasteiger partial charge in [0.25, 0.3) is 11.6 Å². The molecule has 0 bridgehead atoms. The summed E-state index contributed by atoms with van der Waals surface area (Å²) in [5.74, 6) is 0.111. The third kappa shape index (κ3) is 6.25. The largest absolute Gasteiger partial charge is 0.493 e. The van der Waals surface area contributed by atoms with Crippen LogP contribution in [0.3, 0.4) is 0 Å². The number of nitrogens with one attached hydrogen (secondary N) is 1. The van der Waals surface area contributed by atoms with Gasteiger partial charge < -0.3 is 14.8 Å². The van der Waals surface area contributed by atoms with Crippen LogP contribution in [-0.2, 0) is 11.4 Å². The number of non-ortho nitro benzene ring substituents is 1. The summed E-state index contributed by atoms with van der Waals surface area (Å²) in [6.45, 7) is 0.177. The zero-order chi connectivity index (χ0) is 24.7. The molecule has 34 heavy (non-hydrogen) atoms. The van der Waals surface area contributed by atoms with E-state index in [1.807, 2.05) is 6.07 Å². The van der Waals surface area contributed by atoms with Crippen molar-refractivity contribution in [1.82, 2.24) is 0 Å². The minimum atomic E-state index is -0.709. The average Bonchev–Trinajstić information content (AvgIpc) is 2.82. The zero-order valence-corrected chi connectivity index (χ0v) is 19.3. The fraction of sp³-hybridized carbons (Fsp3) is 0.0833. The van der Waals surface area contributed by atoms with Crippen LogP contribution in [0.15, 0.2) is 66.2 Å². The third-order valence-corrected chi connectivity index (χ3v) is 5.16. The van der Waals surface area contributed by atoms with Crippen molar-refractivity contribution in [1.29, 1.82) is 5.26 Å². The molecule has 1 N–H and O–H groups in total. The normalized spacial score (nSPS) is 10.8. The number of nitro groups is 1. The molecule has 0 fully saturated rings. The van der Waals surface area contributed by atoms with E-state index in [0.29, 0.717) is 27.1 Å². The lowest BCUT2D eigenvalue weighted by atomic mass is 10.1. The van der Waals surface area contributed by atoms with Gasteiger partial charge in [-0.2, -0.15) is 5.26 Å². The van der Waals surface area contributed by atoms with E-state index in [9.17, 15) is 20.2 Å². The van der Waals surface area contributed by atoms with Crippen molar-refractivity contribution in [3.63, 3.8) is 0 Å². The van der Waals surface area contributed by atoms with Crippen molar-refractivity contribution >= 4 is 46.6 Å². The number of amides is 1. The third-order valence-electron chi connectivity index (χ3n) is 4.58. The van der Waals surface area contributed by atoms with Crippen LogP contribution in [0.25, 0.3) is 6.08 Å². The van der Waals surface area contributed by atoms with E-state index in [1.165, 1.54) is 37.5 Å². The predicted octanol–water partition coefficient (Wildman–Crippen LogP) is 6.03. The van der Waals surface area contributed by atoms with E-state index < -0.39 is 10.8 Å². The summed E-state index contributed by atoms with van der Waals surface area (Å²) in [4.78, 5) is 22.9. The molecule has 0 saturated heterocycles. The Bertz CT molecular complexity index is 1320. The summed E-state index contributed by atoms with van der Waals surface area (Å²) in [6.07, 6.45) is 1.37. The molecule has 0 atom stereocenters. The highest BCUT2D eigenvalue weighted by Crippen LogP contribution is 2.31. The van der Waals surface area contributed by atoms with Crippen LogP contribution in [-0.4, -0.2) is 17.9 Å². The number of nitro benzene ring substituents is 1. The van der Waals surface area contributed by atoms with Crippen molar-refractivity contribution in [3.05, 3.63) is 97.5 Å². The second kappa shape index (κ2) is 11.2. The standard InChI is InChI=1S/C24H17Cl2N3O5/c1-33-23-10-15(5-8-22(23)34-14-16-6-7-18(25)11-21(16)26)9-17(13-27)24(30)28-19-3-2-4-20(12-19)29(31)32/h2-12H,14H2,1H3,(H,28,30)/b17-9-. The van der Waals surface area contributed by atoms with Crippen molar-refractivity contribution < 1.29 is 19.2 Å². The second-order valence-corrected chi connectivity index (χ2v) is 7.71. The van der Waals surface area contributed by atoms with E-state index in [-0.39, 0.29) is 23.6 Å². The topological polar surface area (TPSA) is 114 Å².